The van der Waals surface area contributed by atoms with E-state index in [1.54, 1.807) is 6.07 Å². The van der Waals surface area contributed by atoms with Crippen molar-refractivity contribution in [1.82, 2.24) is 15.2 Å². The molecule has 0 amide bonds. The first-order valence-corrected chi connectivity index (χ1v) is 11.5. The summed E-state index contributed by atoms with van der Waals surface area (Å²) >= 11 is 0. The molecule has 0 radical (unpaired) electrons. The predicted molar refractivity (Wildman–Crippen MR) is 115 cm³/mol. The van der Waals surface area contributed by atoms with Crippen molar-refractivity contribution in [2.75, 3.05) is 0 Å². The van der Waals surface area contributed by atoms with Crippen LogP contribution in [0.1, 0.15) is 23.5 Å². The number of halogens is 3. The summed E-state index contributed by atoms with van der Waals surface area (Å²) in [6.45, 7) is 4.50. The van der Waals surface area contributed by atoms with Crippen molar-refractivity contribution >= 4 is 24.1 Å². The van der Waals surface area contributed by atoms with Crippen molar-refractivity contribution in [2.45, 2.75) is 19.5 Å². The monoisotopic (exact) mass is 425 g/mol. The Morgan fingerprint density at radius 1 is 1.07 bits per heavy atom. The minimum absolute atomic E-state index is 0.185. The molecule has 5 rings (SSSR count). The van der Waals surface area contributed by atoms with Gasteiger partial charge >= 0.3 is 6.18 Å². The third kappa shape index (κ3) is 3.07. The van der Waals surface area contributed by atoms with Crippen LogP contribution in [0.5, 0.6) is 0 Å². The summed E-state index contributed by atoms with van der Waals surface area (Å²) in [4.78, 5) is 4.68. The van der Waals surface area contributed by atoms with Crippen LogP contribution in [0.3, 0.4) is 0 Å². The van der Waals surface area contributed by atoms with Gasteiger partial charge in [0.25, 0.3) is 0 Å². The minimum Gasteiger partial charge on any atom is -0.273 e. The zero-order chi connectivity index (χ0) is 21.0. The van der Waals surface area contributed by atoms with Crippen LogP contribution in [0.25, 0.3) is 39.2 Å². The third-order valence-electron chi connectivity index (χ3n) is 5.65. The van der Waals surface area contributed by atoms with Gasteiger partial charge in [0.1, 0.15) is 11.4 Å². The number of aromatic nitrogens is 3. The van der Waals surface area contributed by atoms with Gasteiger partial charge in [-0.05, 0) is 53.4 Å². The molecule has 3 aromatic heterocycles. The number of H-pyrrole nitrogens is 1. The van der Waals surface area contributed by atoms with E-state index in [0.717, 1.165) is 23.7 Å². The molecule has 3 heterocycles. The smallest absolute Gasteiger partial charge is 0.273 e. The Morgan fingerprint density at radius 2 is 1.83 bits per heavy atom. The molecule has 30 heavy (non-hydrogen) atoms. The molecule has 3 nitrogen and oxygen atoms in total. The van der Waals surface area contributed by atoms with Crippen molar-refractivity contribution in [3.63, 3.8) is 0 Å². The molecule has 0 spiro atoms. The van der Waals surface area contributed by atoms with E-state index >= 15 is 0 Å². The molecular weight excluding hydrogens is 406 g/mol. The Balaban J connectivity index is 1.65. The maximum atomic E-state index is 12.9. The van der Waals surface area contributed by atoms with E-state index in [-0.39, 0.29) is 5.69 Å². The van der Waals surface area contributed by atoms with Crippen LogP contribution in [-0.2, 0) is 19.3 Å². The number of hydrogen-bond acceptors (Lipinski definition) is 2. The van der Waals surface area contributed by atoms with Crippen LogP contribution >= 0.6 is 7.53 Å². The highest BCUT2D eigenvalue weighted by molar-refractivity contribution is 7.55. The Hall–Kier alpha value is -2.85. The molecule has 0 saturated carbocycles. The molecule has 152 valence electrons. The maximum absolute atomic E-state index is 12.9. The first kappa shape index (κ1) is 19.1. The fraction of sp³-hybridized carbons (Fsp3) is 0.217. The summed E-state index contributed by atoms with van der Waals surface area (Å²) in [6.07, 6.45) is 1.12. The van der Waals surface area contributed by atoms with Crippen molar-refractivity contribution < 1.29 is 13.2 Å². The van der Waals surface area contributed by atoms with Crippen LogP contribution in [-0.4, -0.2) is 15.2 Å². The number of nitrogens with zero attached hydrogens (tertiary/aromatic N) is 2. The highest BCUT2D eigenvalue weighted by Gasteiger charge is 2.33. The van der Waals surface area contributed by atoms with E-state index in [0.29, 0.717) is 11.6 Å². The number of allylic oxidation sites excluding steroid dienone is 1. The molecular formula is C23H19F3N3P. The van der Waals surface area contributed by atoms with Crippen molar-refractivity contribution in [3.8, 4) is 22.6 Å². The summed E-state index contributed by atoms with van der Waals surface area (Å²) < 4.78 is 38.8. The van der Waals surface area contributed by atoms with Crippen molar-refractivity contribution in [3.05, 3.63) is 65.1 Å². The topological polar surface area (TPSA) is 41.6 Å². The van der Waals surface area contributed by atoms with Gasteiger partial charge in [-0.3, -0.25) is 5.10 Å². The third-order valence-corrected chi connectivity index (χ3v) is 7.94. The second kappa shape index (κ2) is 6.85. The molecule has 7 heteroatoms. The van der Waals surface area contributed by atoms with Crippen LogP contribution in [0.2, 0.25) is 0 Å². The van der Waals surface area contributed by atoms with Gasteiger partial charge in [-0.1, -0.05) is 43.3 Å². The van der Waals surface area contributed by atoms with Crippen molar-refractivity contribution in [1.29, 1.82) is 0 Å². The number of aromatic amines is 1. The first-order valence-electron chi connectivity index (χ1n) is 9.72. The van der Waals surface area contributed by atoms with Gasteiger partial charge in [0.15, 0.2) is 0 Å². The number of rotatable bonds is 2. The summed E-state index contributed by atoms with van der Waals surface area (Å²) in [7, 11) is -0.495. The highest BCUT2D eigenvalue weighted by atomic mass is 31.1. The number of nitrogens with one attached hydrogen (secondary N) is 1. The molecule has 1 aromatic carbocycles. The van der Waals surface area contributed by atoms with E-state index in [2.05, 4.69) is 53.1 Å². The molecule has 4 aromatic rings. The van der Waals surface area contributed by atoms with Crippen molar-refractivity contribution in [2.24, 2.45) is 12.6 Å². The molecule has 0 bridgehead atoms. The van der Waals surface area contributed by atoms with E-state index in [4.69, 9.17) is 0 Å². The van der Waals surface area contributed by atoms with Gasteiger partial charge in [0.05, 0.1) is 11.4 Å². The molecule has 1 N–H and O–H groups in total. The summed E-state index contributed by atoms with van der Waals surface area (Å²) in [5, 5.41) is 9.90. The van der Waals surface area contributed by atoms with Gasteiger partial charge < -0.3 is 0 Å². The van der Waals surface area contributed by atoms with Gasteiger partial charge in [-0.15, -0.1) is 7.53 Å². The molecule has 0 aliphatic heterocycles. The minimum atomic E-state index is -4.46. The SMILES string of the molecule is CC1C=Cc2c(c3cccc(-c4cccc(-c5cc(C(F)(F)F)[nH]n5)n4)c3p2C)C1. The van der Waals surface area contributed by atoms with Crippen LogP contribution in [0, 0.1) is 5.92 Å². The molecule has 0 saturated heterocycles. The van der Waals surface area contributed by atoms with E-state index < -0.39 is 19.4 Å². The summed E-state index contributed by atoms with van der Waals surface area (Å²) in [5.74, 6) is 0.519. The number of hydrogen-bond donors (Lipinski definition) is 1. The largest absolute Gasteiger partial charge is 0.432 e. The summed E-state index contributed by atoms with van der Waals surface area (Å²) in [5.41, 5.74) is 2.96. The molecule has 1 aliphatic carbocycles. The maximum Gasteiger partial charge on any atom is 0.432 e. The van der Waals surface area contributed by atoms with Gasteiger partial charge in [-0.2, -0.15) is 18.3 Å². The lowest BCUT2D eigenvalue weighted by atomic mass is 9.93. The number of alkyl halides is 3. The lowest BCUT2D eigenvalue weighted by Crippen LogP contribution is -2.04. The number of fused-ring (bicyclic) bond motifs is 3. The van der Waals surface area contributed by atoms with Gasteiger partial charge in [0, 0.05) is 10.7 Å². The predicted octanol–water partition coefficient (Wildman–Crippen LogP) is 7.04. The van der Waals surface area contributed by atoms with Crippen LogP contribution in [0.4, 0.5) is 13.2 Å². The zero-order valence-corrected chi connectivity index (χ0v) is 17.4. The Morgan fingerprint density at radius 3 is 2.60 bits per heavy atom. The first-order chi connectivity index (χ1) is 14.3. The zero-order valence-electron chi connectivity index (χ0n) is 16.5. The van der Waals surface area contributed by atoms with E-state index in [9.17, 15) is 13.2 Å². The van der Waals surface area contributed by atoms with Gasteiger partial charge in [-0.25, -0.2) is 4.98 Å². The normalized spacial score (nSPS) is 16.8. The molecule has 1 aliphatic rings. The average molecular weight is 425 g/mol. The lowest BCUT2D eigenvalue weighted by molar-refractivity contribution is -0.141. The highest BCUT2D eigenvalue weighted by Crippen LogP contribution is 2.51. The van der Waals surface area contributed by atoms with Crippen LogP contribution < -0.4 is 0 Å². The van der Waals surface area contributed by atoms with E-state index in [1.165, 1.54) is 21.4 Å². The lowest BCUT2D eigenvalue weighted by Gasteiger charge is -2.13. The Labute approximate surface area is 172 Å². The standard InChI is InChI=1S/C23H19F3N3P/c1-13-9-10-20-16(11-13)14-5-3-6-15(22(14)30(20)2)17-7-4-8-18(27-17)19-12-21(29-28-19)23(24,25)26/h3-10,12-13H,11H2,1-2H3,(H,28,29). The van der Waals surface area contributed by atoms with Gasteiger partial charge in [0.2, 0.25) is 0 Å². The average Bonchev–Trinajstić information content (AvgIpc) is 3.33. The molecule has 0 fully saturated rings. The number of benzene rings is 1. The van der Waals surface area contributed by atoms with Crippen LogP contribution in [0.15, 0.2) is 48.5 Å². The number of aryl methyl sites for hydroxylation is 1. The Bertz CT molecular complexity index is 1300. The fourth-order valence-electron chi connectivity index (χ4n) is 4.21. The Kier molecular flexibility index (Phi) is 4.37. The summed E-state index contributed by atoms with van der Waals surface area (Å²) in [6, 6.07) is 12.7. The molecule has 2 atom stereocenters. The number of pyridine rings is 1. The molecule has 2 unspecified atom stereocenters. The fourth-order valence-corrected chi connectivity index (χ4v) is 6.50. The quantitative estimate of drug-likeness (QED) is 0.374. The second-order valence-electron chi connectivity index (χ2n) is 7.74. The van der Waals surface area contributed by atoms with E-state index in [1.807, 2.05) is 18.2 Å². The second-order valence-corrected chi connectivity index (χ2v) is 9.78.